The summed E-state index contributed by atoms with van der Waals surface area (Å²) in [5.41, 5.74) is 4.71. The number of hydrogen-bond donors (Lipinski definition) is 3. The lowest BCUT2D eigenvalue weighted by atomic mass is 10.0. The zero-order chi connectivity index (χ0) is 25.3. The van der Waals surface area contributed by atoms with Crippen LogP contribution in [-0.2, 0) is 12.7 Å². The smallest absolute Gasteiger partial charge is 0.368 e. The molecule has 0 saturated heterocycles. The number of rotatable bonds is 4. The number of carbonyl (C=O) groups is 1. The van der Waals surface area contributed by atoms with Gasteiger partial charge in [-0.1, -0.05) is 12.1 Å². The SMILES string of the molecule is CCn1c(=O)c(-c2ccc(F)c(NC(=O)Nc3cccc(C(F)(F)F)c3)c2)cc2cnc(N)nc21. The van der Waals surface area contributed by atoms with Gasteiger partial charge in [-0.15, -0.1) is 0 Å². The normalized spacial score (nSPS) is 11.5. The zero-order valence-electron chi connectivity index (χ0n) is 18.2. The van der Waals surface area contributed by atoms with E-state index in [4.69, 9.17) is 5.73 Å². The highest BCUT2D eigenvalue weighted by Crippen LogP contribution is 2.31. The van der Waals surface area contributed by atoms with Crippen molar-refractivity contribution in [2.45, 2.75) is 19.6 Å². The Morgan fingerprint density at radius 1 is 1.11 bits per heavy atom. The van der Waals surface area contributed by atoms with Crippen LogP contribution in [0.4, 0.5) is 39.7 Å². The standard InChI is InChI=1S/C23H18F4N6O2/c1-2-33-19-13(11-29-21(28)32-19)8-16(20(33)34)12-6-7-17(24)18(9-12)31-22(35)30-15-5-3-4-14(10-15)23(25,26)27/h3-11H,2H2,1H3,(H2,28,29,32)(H2,30,31,35). The maximum absolute atomic E-state index is 14.4. The molecule has 0 radical (unpaired) electrons. The molecule has 4 rings (SSSR count). The van der Waals surface area contributed by atoms with Gasteiger partial charge >= 0.3 is 12.2 Å². The van der Waals surface area contributed by atoms with E-state index in [0.717, 1.165) is 24.3 Å². The fourth-order valence-electron chi connectivity index (χ4n) is 3.52. The number of amides is 2. The highest BCUT2D eigenvalue weighted by atomic mass is 19.4. The number of alkyl halides is 3. The molecule has 12 heteroatoms. The van der Waals surface area contributed by atoms with Gasteiger partial charge < -0.3 is 16.4 Å². The van der Waals surface area contributed by atoms with Crippen molar-refractivity contribution in [2.24, 2.45) is 0 Å². The fraction of sp³-hybridized carbons (Fsp3) is 0.130. The van der Waals surface area contributed by atoms with E-state index in [1.54, 1.807) is 6.92 Å². The van der Waals surface area contributed by atoms with Crippen molar-refractivity contribution >= 4 is 34.4 Å². The van der Waals surface area contributed by atoms with Crippen LogP contribution in [0.25, 0.3) is 22.2 Å². The number of fused-ring (bicyclic) bond motifs is 1. The third-order valence-corrected chi connectivity index (χ3v) is 5.14. The van der Waals surface area contributed by atoms with Crippen LogP contribution >= 0.6 is 0 Å². The molecule has 2 aromatic carbocycles. The second kappa shape index (κ2) is 9.05. The predicted molar refractivity (Wildman–Crippen MR) is 123 cm³/mol. The number of aryl methyl sites for hydroxylation is 1. The largest absolute Gasteiger partial charge is 0.416 e. The molecule has 0 fully saturated rings. The number of nitrogens with two attached hydrogens (primary N) is 1. The number of nitrogen functional groups attached to an aromatic ring is 1. The molecular weight excluding hydrogens is 468 g/mol. The van der Waals surface area contributed by atoms with Crippen LogP contribution in [0.15, 0.2) is 59.5 Å². The van der Waals surface area contributed by atoms with E-state index < -0.39 is 29.1 Å². The van der Waals surface area contributed by atoms with Crippen molar-refractivity contribution in [2.75, 3.05) is 16.4 Å². The van der Waals surface area contributed by atoms with Gasteiger partial charge in [0.15, 0.2) is 0 Å². The molecule has 2 aromatic heterocycles. The van der Waals surface area contributed by atoms with Crippen LogP contribution in [0.1, 0.15) is 12.5 Å². The summed E-state index contributed by atoms with van der Waals surface area (Å²) in [4.78, 5) is 33.5. The van der Waals surface area contributed by atoms with Crippen LogP contribution in [0.3, 0.4) is 0 Å². The topological polar surface area (TPSA) is 115 Å². The summed E-state index contributed by atoms with van der Waals surface area (Å²) in [5.74, 6) is -0.799. The summed E-state index contributed by atoms with van der Waals surface area (Å²) in [6.07, 6.45) is -3.13. The monoisotopic (exact) mass is 486 g/mol. The molecule has 2 amide bonds. The molecule has 180 valence electrons. The summed E-state index contributed by atoms with van der Waals surface area (Å²) in [7, 11) is 0. The van der Waals surface area contributed by atoms with Crippen LogP contribution in [0, 0.1) is 5.82 Å². The highest BCUT2D eigenvalue weighted by molar-refractivity contribution is 6.00. The second-order valence-corrected chi connectivity index (χ2v) is 7.47. The van der Waals surface area contributed by atoms with Gasteiger partial charge in [0, 0.05) is 29.4 Å². The van der Waals surface area contributed by atoms with Crippen LogP contribution < -0.4 is 21.9 Å². The Morgan fingerprint density at radius 3 is 2.60 bits per heavy atom. The van der Waals surface area contributed by atoms with Crippen molar-refractivity contribution < 1.29 is 22.4 Å². The quantitative estimate of drug-likeness (QED) is 0.356. The van der Waals surface area contributed by atoms with Crippen molar-refractivity contribution in [1.82, 2.24) is 14.5 Å². The number of benzene rings is 2. The average Bonchev–Trinajstić information content (AvgIpc) is 2.80. The summed E-state index contributed by atoms with van der Waals surface area (Å²) in [6.45, 7) is 2.03. The number of hydrogen-bond acceptors (Lipinski definition) is 5. The fourth-order valence-corrected chi connectivity index (χ4v) is 3.52. The summed E-state index contributed by atoms with van der Waals surface area (Å²) in [5, 5.41) is 5.03. The third kappa shape index (κ3) is 4.90. The number of halogens is 4. The minimum absolute atomic E-state index is 0.00639. The number of urea groups is 1. The summed E-state index contributed by atoms with van der Waals surface area (Å²) in [6, 6.07) is 8.26. The first-order valence-electron chi connectivity index (χ1n) is 10.3. The Bertz CT molecular complexity index is 1500. The highest BCUT2D eigenvalue weighted by Gasteiger charge is 2.30. The number of pyridine rings is 1. The van der Waals surface area contributed by atoms with Crippen LogP contribution in [0.5, 0.6) is 0 Å². The number of nitrogens with one attached hydrogen (secondary N) is 2. The summed E-state index contributed by atoms with van der Waals surface area (Å²) >= 11 is 0. The number of nitrogens with zero attached hydrogens (tertiary/aromatic N) is 3. The van der Waals surface area contributed by atoms with E-state index in [9.17, 15) is 27.2 Å². The molecule has 0 aliphatic rings. The maximum atomic E-state index is 14.4. The lowest BCUT2D eigenvalue weighted by Crippen LogP contribution is -2.23. The van der Waals surface area contributed by atoms with Crippen LogP contribution in [-0.4, -0.2) is 20.6 Å². The maximum Gasteiger partial charge on any atom is 0.416 e. The molecule has 8 nitrogen and oxygen atoms in total. The Kier molecular flexibility index (Phi) is 6.12. The Morgan fingerprint density at radius 2 is 1.89 bits per heavy atom. The van der Waals surface area contributed by atoms with Gasteiger partial charge in [0.2, 0.25) is 5.95 Å². The molecule has 2 heterocycles. The van der Waals surface area contributed by atoms with E-state index in [-0.39, 0.29) is 29.4 Å². The first-order valence-corrected chi connectivity index (χ1v) is 10.3. The van der Waals surface area contributed by atoms with Gasteiger partial charge in [-0.25, -0.2) is 14.2 Å². The molecule has 0 saturated carbocycles. The second-order valence-electron chi connectivity index (χ2n) is 7.47. The van der Waals surface area contributed by atoms with E-state index in [0.29, 0.717) is 16.6 Å². The minimum atomic E-state index is -4.59. The van der Waals surface area contributed by atoms with Gasteiger partial charge in [0.25, 0.3) is 5.56 Å². The first-order chi connectivity index (χ1) is 16.6. The molecule has 0 unspecified atom stereocenters. The molecule has 0 bridgehead atoms. The molecule has 4 aromatic rings. The Labute approximate surface area is 195 Å². The molecule has 0 aliphatic heterocycles. The number of aromatic nitrogens is 3. The van der Waals surface area contributed by atoms with Crippen molar-refractivity contribution in [1.29, 1.82) is 0 Å². The van der Waals surface area contributed by atoms with Gasteiger partial charge in [0.1, 0.15) is 11.5 Å². The zero-order valence-corrected chi connectivity index (χ0v) is 18.2. The Hall–Kier alpha value is -4.48. The molecule has 4 N–H and O–H groups in total. The van der Waals surface area contributed by atoms with Crippen LogP contribution in [0.2, 0.25) is 0 Å². The molecule has 0 atom stereocenters. The summed E-state index contributed by atoms with van der Waals surface area (Å²) < 4.78 is 54.5. The van der Waals surface area contributed by atoms with Crippen molar-refractivity contribution in [3.8, 4) is 11.1 Å². The van der Waals surface area contributed by atoms with Crippen molar-refractivity contribution in [3.63, 3.8) is 0 Å². The average molecular weight is 486 g/mol. The van der Waals surface area contributed by atoms with Gasteiger partial charge in [0.05, 0.1) is 11.3 Å². The van der Waals surface area contributed by atoms with E-state index in [1.165, 1.54) is 35.0 Å². The predicted octanol–water partition coefficient (Wildman–Crippen LogP) is 4.86. The molecule has 35 heavy (non-hydrogen) atoms. The van der Waals surface area contributed by atoms with E-state index in [2.05, 4.69) is 20.6 Å². The lowest BCUT2D eigenvalue weighted by Gasteiger charge is -2.13. The van der Waals surface area contributed by atoms with E-state index >= 15 is 0 Å². The molecule has 0 spiro atoms. The lowest BCUT2D eigenvalue weighted by molar-refractivity contribution is -0.137. The van der Waals surface area contributed by atoms with Gasteiger partial charge in [-0.05, 0) is 48.9 Å². The van der Waals surface area contributed by atoms with Crippen molar-refractivity contribution in [3.05, 3.63) is 76.5 Å². The van der Waals surface area contributed by atoms with Gasteiger partial charge in [-0.3, -0.25) is 9.36 Å². The minimum Gasteiger partial charge on any atom is -0.368 e. The number of carbonyl (C=O) groups excluding carboxylic acids is 1. The number of anilines is 3. The Balaban J connectivity index is 1.66. The third-order valence-electron chi connectivity index (χ3n) is 5.14. The first kappa shape index (κ1) is 23.7. The van der Waals surface area contributed by atoms with Gasteiger partial charge in [-0.2, -0.15) is 18.2 Å². The molecular formula is C23H18F4N6O2. The molecule has 0 aliphatic carbocycles. The van der Waals surface area contributed by atoms with E-state index in [1.807, 2.05) is 0 Å².